The summed E-state index contributed by atoms with van der Waals surface area (Å²) in [5, 5.41) is 2.95. The summed E-state index contributed by atoms with van der Waals surface area (Å²) in [5.74, 6) is 0.167. The zero-order valence-electron chi connectivity index (χ0n) is 19.0. The zero-order chi connectivity index (χ0) is 23.9. The molecule has 0 saturated heterocycles. The fourth-order valence-corrected chi connectivity index (χ4v) is 4.23. The average molecular weight is 521 g/mol. The summed E-state index contributed by atoms with van der Waals surface area (Å²) in [6, 6.07) is 25.1. The summed E-state index contributed by atoms with van der Waals surface area (Å²) in [4.78, 5) is 28.7. The standard InChI is InChI=1S/C27H26BrN3O3/c1-30(18-20-8-3-2-4-9-20)15-14-29-26(32)19-31-23-12-5-6-13-24(23)34-25(27(31)33)17-21-10-7-11-22(28)16-21/h2-13,16-17H,14-15,18-19H2,1H3,(H,29,32)/p+1. The number of hydrogen-bond acceptors (Lipinski definition) is 3. The van der Waals surface area contributed by atoms with E-state index in [4.69, 9.17) is 4.74 Å². The predicted molar refractivity (Wildman–Crippen MR) is 136 cm³/mol. The molecule has 7 heteroatoms. The van der Waals surface area contributed by atoms with E-state index in [9.17, 15) is 9.59 Å². The van der Waals surface area contributed by atoms with Crippen LogP contribution < -0.4 is 19.9 Å². The number of likely N-dealkylation sites (N-methyl/N-ethyl adjacent to an activating group) is 1. The maximum atomic E-state index is 13.2. The zero-order valence-corrected chi connectivity index (χ0v) is 20.5. The number of ether oxygens (including phenoxy) is 1. The van der Waals surface area contributed by atoms with E-state index in [1.165, 1.54) is 15.4 Å². The van der Waals surface area contributed by atoms with E-state index in [1.807, 2.05) is 54.6 Å². The Bertz CT molecular complexity index is 1200. The summed E-state index contributed by atoms with van der Waals surface area (Å²) < 4.78 is 6.79. The molecule has 0 aromatic heterocycles. The first-order chi connectivity index (χ1) is 16.5. The Balaban J connectivity index is 1.40. The van der Waals surface area contributed by atoms with Crippen molar-refractivity contribution in [2.75, 3.05) is 31.6 Å². The van der Waals surface area contributed by atoms with E-state index in [2.05, 4.69) is 40.4 Å². The summed E-state index contributed by atoms with van der Waals surface area (Å²) in [7, 11) is 2.10. The lowest BCUT2D eigenvalue weighted by molar-refractivity contribution is -0.892. The topological polar surface area (TPSA) is 63.1 Å². The molecule has 34 heavy (non-hydrogen) atoms. The molecule has 0 radical (unpaired) electrons. The van der Waals surface area contributed by atoms with Crippen molar-refractivity contribution < 1.29 is 19.2 Å². The average Bonchev–Trinajstić information content (AvgIpc) is 2.82. The second-order valence-electron chi connectivity index (χ2n) is 8.24. The van der Waals surface area contributed by atoms with Gasteiger partial charge in [0.2, 0.25) is 5.91 Å². The van der Waals surface area contributed by atoms with Gasteiger partial charge in [-0.2, -0.15) is 0 Å². The highest BCUT2D eigenvalue weighted by Crippen LogP contribution is 2.35. The molecular weight excluding hydrogens is 494 g/mol. The molecule has 1 atom stereocenters. The van der Waals surface area contributed by atoms with Crippen molar-refractivity contribution in [3.8, 4) is 5.75 Å². The molecule has 6 nitrogen and oxygen atoms in total. The number of nitrogens with zero attached hydrogens (tertiary/aromatic N) is 1. The SMILES string of the molecule is C[NH+](CCNC(=O)CN1C(=O)C(=Cc2cccc(Br)c2)Oc2ccccc21)Cc1ccccc1. The van der Waals surface area contributed by atoms with Gasteiger partial charge in [0, 0.05) is 10.0 Å². The van der Waals surface area contributed by atoms with Gasteiger partial charge in [0.1, 0.15) is 13.1 Å². The van der Waals surface area contributed by atoms with Gasteiger partial charge >= 0.3 is 0 Å². The molecule has 1 aliphatic heterocycles. The van der Waals surface area contributed by atoms with Crippen LogP contribution >= 0.6 is 15.9 Å². The summed E-state index contributed by atoms with van der Waals surface area (Å²) >= 11 is 3.44. The minimum absolute atomic E-state index is 0.0766. The molecule has 0 aliphatic carbocycles. The lowest BCUT2D eigenvalue weighted by Crippen LogP contribution is -3.08. The van der Waals surface area contributed by atoms with Crippen LogP contribution in [0.2, 0.25) is 0 Å². The molecule has 3 aromatic carbocycles. The number of quaternary nitrogens is 1. The van der Waals surface area contributed by atoms with Crippen molar-refractivity contribution in [2.45, 2.75) is 6.54 Å². The lowest BCUT2D eigenvalue weighted by Gasteiger charge is -2.30. The normalized spacial score (nSPS) is 14.9. The van der Waals surface area contributed by atoms with Gasteiger partial charge in [-0.05, 0) is 35.9 Å². The first kappa shape index (κ1) is 23.7. The molecule has 0 fully saturated rings. The Morgan fingerprint density at radius 2 is 1.82 bits per heavy atom. The number of carbonyl (C=O) groups excluding carboxylic acids is 2. The molecule has 174 valence electrons. The van der Waals surface area contributed by atoms with Crippen LogP contribution in [0.4, 0.5) is 5.69 Å². The fraction of sp³-hybridized carbons (Fsp3) is 0.185. The van der Waals surface area contributed by atoms with Crippen molar-refractivity contribution in [3.63, 3.8) is 0 Å². The lowest BCUT2D eigenvalue weighted by atomic mass is 10.1. The maximum absolute atomic E-state index is 13.2. The number of benzene rings is 3. The molecule has 3 aromatic rings. The second kappa shape index (κ2) is 11.1. The first-order valence-corrected chi connectivity index (χ1v) is 12.0. The van der Waals surface area contributed by atoms with Gasteiger partial charge in [-0.15, -0.1) is 0 Å². The molecule has 0 saturated carbocycles. The highest BCUT2D eigenvalue weighted by molar-refractivity contribution is 9.10. The number of fused-ring (bicyclic) bond motifs is 1. The van der Waals surface area contributed by atoms with Crippen LogP contribution in [0.1, 0.15) is 11.1 Å². The van der Waals surface area contributed by atoms with Crippen LogP contribution in [-0.2, 0) is 16.1 Å². The van der Waals surface area contributed by atoms with Gasteiger partial charge in [-0.1, -0.05) is 70.5 Å². The van der Waals surface area contributed by atoms with Crippen LogP contribution in [0.5, 0.6) is 5.75 Å². The van der Waals surface area contributed by atoms with Crippen molar-refractivity contribution in [1.29, 1.82) is 0 Å². The Morgan fingerprint density at radius 1 is 1.06 bits per heavy atom. The second-order valence-corrected chi connectivity index (χ2v) is 9.16. The van der Waals surface area contributed by atoms with Crippen molar-refractivity contribution in [2.24, 2.45) is 0 Å². The number of hydrogen-bond donors (Lipinski definition) is 2. The molecule has 2 N–H and O–H groups in total. The number of halogens is 1. The molecule has 2 amide bonds. The van der Waals surface area contributed by atoms with E-state index < -0.39 is 0 Å². The van der Waals surface area contributed by atoms with E-state index in [0.29, 0.717) is 18.0 Å². The van der Waals surface area contributed by atoms with Gasteiger partial charge in [0.25, 0.3) is 5.91 Å². The van der Waals surface area contributed by atoms with Gasteiger partial charge in [0.05, 0.1) is 25.8 Å². The number of amides is 2. The van der Waals surface area contributed by atoms with E-state index in [0.717, 1.165) is 23.1 Å². The van der Waals surface area contributed by atoms with Crippen molar-refractivity contribution in [1.82, 2.24) is 5.32 Å². The maximum Gasteiger partial charge on any atom is 0.294 e. The third-order valence-corrected chi connectivity index (χ3v) is 6.00. The smallest absolute Gasteiger partial charge is 0.294 e. The Labute approximate surface area is 208 Å². The number of anilines is 1. The number of para-hydroxylation sites is 2. The summed E-state index contributed by atoms with van der Waals surface area (Å²) in [6.45, 7) is 2.11. The number of rotatable bonds is 8. The van der Waals surface area contributed by atoms with E-state index in [-0.39, 0.29) is 24.1 Å². The number of nitrogens with one attached hydrogen (secondary N) is 2. The molecule has 0 spiro atoms. The Kier molecular flexibility index (Phi) is 7.77. The third kappa shape index (κ3) is 6.12. The van der Waals surface area contributed by atoms with Crippen molar-refractivity contribution >= 4 is 39.5 Å². The summed E-state index contributed by atoms with van der Waals surface area (Å²) in [5.41, 5.74) is 2.67. The van der Waals surface area contributed by atoms with Gasteiger partial charge < -0.3 is 15.0 Å². The monoisotopic (exact) mass is 520 g/mol. The van der Waals surface area contributed by atoms with E-state index in [1.54, 1.807) is 18.2 Å². The van der Waals surface area contributed by atoms with Crippen LogP contribution in [0.3, 0.4) is 0 Å². The van der Waals surface area contributed by atoms with Crippen LogP contribution in [0, 0.1) is 0 Å². The molecule has 4 rings (SSSR count). The van der Waals surface area contributed by atoms with Gasteiger partial charge in [-0.25, -0.2) is 0 Å². The highest BCUT2D eigenvalue weighted by atomic mass is 79.9. The van der Waals surface area contributed by atoms with Crippen LogP contribution in [0.25, 0.3) is 6.08 Å². The van der Waals surface area contributed by atoms with Crippen LogP contribution in [-0.4, -0.2) is 38.5 Å². The van der Waals surface area contributed by atoms with Crippen LogP contribution in [0.15, 0.2) is 89.1 Å². The fourth-order valence-electron chi connectivity index (χ4n) is 3.81. The quantitative estimate of drug-likeness (QED) is 0.448. The molecule has 1 heterocycles. The first-order valence-electron chi connectivity index (χ1n) is 11.2. The third-order valence-electron chi connectivity index (χ3n) is 5.50. The van der Waals surface area contributed by atoms with Gasteiger partial charge in [-0.3, -0.25) is 14.5 Å². The molecule has 0 bridgehead atoms. The van der Waals surface area contributed by atoms with Gasteiger partial charge in [0.15, 0.2) is 11.5 Å². The summed E-state index contributed by atoms with van der Waals surface area (Å²) in [6.07, 6.45) is 1.69. The molecule has 1 aliphatic rings. The minimum Gasteiger partial charge on any atom is -0.449 e. The largest absolute Gasteiger partial charge is 0.449 e. The Morgan fingerprint density at radius 3 is 2.62 bits per heavy atom. The predicted octanol–water partition coefficient (Wildman–Crippen LogP) is 3.05. The molecular formula is C27H27BrN3O3+. The highest BCUT2D eigenvalue weighted by Gasteiger charge is 2.31. The van der Waals surface area contributed by atoms with Crippen molar-refractivity contribution in [3.05, 3.63) is 100 Å². The molecule has 1 unspecified atom stereocenters. The minimum atomic E-state index is -0.347. The van der Waals surface area contributed by atoms with E-state index >= 15 is 0 Å². The number of carbonyl (C=O) groups is 2. The Hall–Kier alpha value is -3.42.